The largest absolute Gasteiger partial charge is 0.465 e. The Morgan fingerprint density at radius 3 is 2.80 bits per heavy atom. The first kappa shape index (κ1) is 10.5. The first-order valence-corrected chi connectivity index (χ1v) is 5.49. The van der Waals surface area contributed by atoms with Gasteiger partial charge in [0.05, 0.1) is 6.26 Å². The van der Waals surface area contributed by atoms with Gasteiger partial charge in [-0.3, -0.25) is 0 Å². The monoisotopic (exact) mass is 205 g/mol. The lowest BCUT2D eigenvalue weighted by Crippen LogP contribution is -2.05. The predicted molar refractivity (Wildman–Crippen MR) is 62.2 cm³/mol. The molecule has 15 heavy (non-hydrogen) atoms. The van der Waals surface area contributed by atoms with Crippen molar-refractivity contribution in [1.29, 1.82) is 0 Å². The quantitative estimate of drug-likeness (QED) is 0.824. The molecule has 2 rings (SSSR count). The summed E-state index contributed by atoms with van der Waals surface area (Å²) in [5.74, 6) is 2.18. The molecule has 1 heterocycles. The maximum Gasteiger partial charge on any atom is 0.126 e. The van der Waals surface area contributed by atoms with Crippen molar-refractivity contribution in [2.45, 2.75) is 20.8 Å². The fraction of sp³-hybridized carbons (Fsp3) is 0.538. The van der Waals surface area contributed by atoms with Crippen LogP contribution in [0.2, 0.25) is 0 Å². The topological polar surface area (TPSA) is 39.2 Å². The summed E-state index contributed by atoms with van der Waals surface area (Å²) in [6.45, 7) is 7.52. The van der Waals surface area contributed by atoms with Crippen molar-refractivity contribution < 1.29 is 4.42 Å². The molecule has 1 fully saturated rings. The van der Waals surface area contributed by atoms with Crippen molar-refractivity contribution >= 4 is 6.08 Å². The maximum absolute atomic E-state index is 5.76. The van der Waals surface area contributed by atoms with Gasteiger partial charge in [0.1, 0.15) is 5.76 Å². The zero-order chi connectivity index (χ0) is 11.1. The van der Waals surface area contributed by atoms with Gasteiger partial charge in [-0.2, -0.15) is 0 Å². The molecule has 2 heteroatoms. The average Bonchev–Trinajstić information content (AvgIpc) is 2.56. The van der Waals surface area contributed by atoms with Crippen LogP contribution in [0.4, 0.5) is 0 Å². The molecule has 0 bridgehead atoms. The Bertz CT molecular complexity index is 362. The Balaban J connectivity index is 2.14. The first-order chi connectivity index (χ1) is 7.07. The normalized spacial score (nSPS) is 29.2. The van der Waals surface area contributed by atoms with Crippen LogP contribution in [-0.2, 0) is 0 Å². The molecule has 2 atom stereocenters. The molecular weight excluding hydrogens is 186 g/mol. The second-order valence-corrected chi connectivity index (χ2v) is 5.05. The molecule has 0 saturated heterocycles. The second kappa shape index (κ2) is 3.53. The van der Waals surface area contributed by atoms with Gasteiger partial charge in [-0.15, -0.1) is 0 Å². The first-order valence-electron chi connectivity index (χ1n) is 5.49. The van der Waals surface area contributed by atoms with Gasteiger partial charge in [-0.25, -0.2) is 0 Å². The van der Waals surface area contributed by atoms with Crippen LogP contribution in [0.5, 0.6) is 0 Å². The van der Waals surface area contributed by atoms with E-state index < -0.39 is 0 Å². The molecule has 2 nitrogen and oxygen atoms in total. The van der Waals surface area contributed by atoms with Crippen molar-refractivity contribution in [2.24, 2.45) is 23.0 Å². The van der Waals surface area contributed by atoms with Gasteiger partial charge >= 0.3 is 0 Å². The summed E-state index contributed by atoms with van der Waals surface area (Å²) in [7, 11) is 0. The fourth-order valence-corrected chi connectivity index (χ4v) is 2.78. The summed E-state index contributed by atoms with van der Waals surface area (Å²) in [6.07, 6.45) is 3.83. The highest BCUT2D eigenvalue weighted by Gasteiger charge is 2.56. The molecule has 0 radical (unpaired) electrons. The van der Waals surface area contributed by atoms with Gasteiger partial charge in [0.2, 0.25) is 0 Å². The SMILES string of the molecule is C/C(=C\c1ccco1)C1C(CN)C1(C)C. The zero-order valence-corrected chi connectivity index (χ0v) is 9.66. The van der Waals surface area contributed by atoms with Crippen molar-refractivity contribution in [2.75, 3.05) is 6.54 Å². The van der Waals surface area contributed by atoms with Crippen molar-refractivity contribution in [3.63, 3.8) is 0 Å². The highest BCUT2D eigenvalue weighted by molar-refractivity contribution is 5.49. The summed E-state index contributed by atoms with van der Waals surface area (Å²) in [6, 6.07) is 3.90. The molecule has 0 spiro atoms. The maximum atomic E-state index is 5.76. The van der Waals surface area contributed by atoms with Crippen molar-refractivity contribution in [1.82, 2.24) is 0 Å². The fourth-order valence-electron chi connectivity index (χ4n) is 2.78. The Kier molecular flexibility index (Phi) is 2.47. The highest BCUT2D eigenvalue weighted by Crippen LogP contribution is 2.61. The third kappa shape index (κ3) is 1.74. The molecule has 2 unspecified atom stereocenters. The minimum Gasteiger partial charge on any atom is -0.465 e. The van der Waals surface area contributed by atoms with Crippen LogP contribution >= 0.6 is 0 Å². The molecule has 1 saturated carbocycles. The lowest BCUT2D eigenvalue weighted by molar-refractivity contribution is 0.549. The van der Waals surface area contributed by atoms with E-state index in [1.807, 2.05) is 12.1 Å². The number of nitrogens with two attached hydrogens (primary N) is 1. The van der Waals surface area contributed by atoms with Gasteiger partial charge in [-0.1, -0.05) is 19.4 Å². The van der Waals surface area contributed by atoms with E-state index in [0.29, 0.717) is 17.3 Å². The van der Waals surface area contributed by atoms with Crippen LogP contribution in [0, 0.1) is 17.3 Å². The van der Waals surface area contributed by atoms with Crippen molar-refractivity contribution in [3.8, 4) is 0 Å². The third-order valence-corrected chi connectivity index (χ3v) is 3.71. The molecule has 1 aromatic heterocycles. The summed E-state index contributed by atoms with van der Waals surface area (Å²) in [5, 5.41) is 0. The summed E-state index contributed by atoms with van der Waals surface area (Å²) in [4.78, 5) is 0. The van der Waals surface area contributed by atoms with E-state index in [2.05, 4.69) is 26.8 Å². The minimum atomic E-state index is 0.363. The number of furan rings is 1. The molecular formula is C13H19NO. The zero-order valence-electron chi connectivity index (χ0n) is 9.66. The summed E-state index contributed by atoms with van der Waals surface area (Å²) < 4.78 is 5.31. The molecule has 0 aromatic carbocycles. The minimum absolute atomic E-state index is 0.363. The lowest BCUT2D eigenvalue weighted by Gasteiger charge is -2.02. The van der Waals surface area contributed by atoms with Gasteiger partial charge in [0, 0.05) is 0 Å². The van der Waals surface area contributed by atoms with Gasteiger partial charge in [0.15, 0.2) is 0 Å². The standard InChI is InChI=1S/C13H19NO/c1-9(7-10-5-4-6-15-10)12-11(8-14)13(12,2)3/h4-7,11-12H,8,14H2,1-3H3/b9-7+. The van der Waals surface area contributed by atoms with E-state index in [0.717, 1.165) is 12.3 Å². The number of rotatable bonds is 3. The van der Waals surface area contributed by atoms with E-state index in [1.54, 1.807) is 6.26 Å². The van der Waals surface area contributed by atoms with Gasteiger partial charge in [0.25, 0.3) is 0 Å². The number of hydrogen-bond acceptors (Lipinski definition) is 2. The molecule has 0 aliphatic heterocycles. The van der Waals surface area contributed by atoms with Crippen LogP contribution in [0.1, 0.15) is 26.5 Å². The Hall–Kier alpha value is -1.02. The smallest absolute Gasteiger partial charge is 0.126 e. The Morgan fingerprint density at radius 1 is 1.60 bits per heavy atom. The molecule has 2 N–H and O–H groups in total. The van der Waals surface area contributed by atoms with Crippen LogP contribution in [0.15, 0.2) is 28.4 Å². The van der Waals surface area contributed by atoms with E-state index in [4.69, 9.17) is 10.2 Å². The molecule has 1 aliphatic rings. The molecule has 1 aliphatic carbocycles. The molecule has 82 valence electrons. The van der Waals surface area contributed by atoms with Crippen LogP contribution in [0.3, 0.4) is 0 Å². The van der Waals surface area contributed by atoms with E-state index in [1.165, 1.54) is 5.57 Å². The number of hydrogen-bond donors (Lipinski definition) is 1. The van der Waals surface area contributed by atoms with E-state index in [9.17, 15) is 0 Å². The third-order valence-electron chi connectivity index (χ3n) is 3.71. The van der Waals surface area contributed by atoms with Crippen LogP contribution < -0.4 is 5.73 Å². The average molecular weight is 205 g/mol. The van der Waals surface area contributed by atoms with Crippen LogP contribution in [-0.4, -0.2) is 6.54 Å². The molecule has 0 amide bonds. The van der Waals surface area contributed by atoms with Gasteiger partial charge in [-0.05, 0) is 48.9 Å². The second-order valence-electron chi connectivity index (χ2n) is 5.05. The van der Waals surface area contributed by atoms with E-state index >= 15 is 0 Å². The lowest BCUT2D eigenvalue weighted by atomic mass is 10.0. The molecule has 1 aromatic rings. The van der Waals surface area contributed by atoms with Crippen molar-refractivity contribution in [3.05, 3.63) is 29.7 Å². The number of allylic oxidation sites excluding steroid dienone is 1. The summed E-state index contributed by atoms with van der Waals surface area (Å²) in [5.41, 5.74) is 7.50. The highest BCUT2D eigenvalue weighted by atomic mass is 16.3. The van der Waals surface area contributed by atoms with Gasteiger partial charge < -0.3 is 10.2 Å². The Labute approximate surface area is 91.2 Å². The van der Waals surface area contributed by atoms with E-state index in [-0.39, 0.29) is 0 Å². The predicted octanol–water partition coefficient (Wildman–Crippen LogP) is 2.91. The summed E-state index contributed by atoms with van der Waals surface area (Å²) >= 11 is 0. The Morgan fingerprint density at radius 2 is 2.33 bits per heavy atom. The van der Waals surface area contributed by atoms with Crippen LogP contribution in [0.25, 0.3) is 6.08 Å².